The second-order valence-electron chi connectivity index (χ2n) is 3.11. The SMILES string of the molecule is Nc1cc(=O)[nH]c(N)n1.Nc1cc(=O)[nH]c(N)n1. The molecule has 2 heterocycles. The van der Waals surface area contributed by atoms with E-state index in [-0.39, 0.29) is 34.7 Å². The maximum absolute atomic E-state index is 10.5. The van der Waals surface area contributed by atoms with E-state index in [1.165, 1.54) is 0 Å². The fourth-order valence-electron chi connectivity index (χ4n) is 0.992. The van der Waals surface area contributed by atoms with Crippen molar-refractivity contribution in [3.63, 3.8) is 0 Å². The summed E-state index contributed by atoms with van der Waals surface area (Å²) < 4.78 is 0. The summed E-state index contributed by atoms with van der Waals surface area (Å²) in [6.07, 6.45) is 0. The summed E-state index contributed by atoms with van der Waals surface area (Å²) in [5.74, 6) is 0.354. The van der Waals surface area contributed by atoms with Crippen LogP contribution in [0.15, 0.2) is 21.7 Å². The summed E-state index contributed by atoms with van der Waals surface area (Å²) in [5.41, 5.74) is 19.9. The normalized spacial score (nSPS) is 9.33. The first-order valence-electron chi connectivity index (χ1n) is 4.61. The fraction of sp³-hybridized carbons (Fsp3) is 0. The number of H-pyrrole nitrogens is 2. The molecule has 18 heavy (non-hydrogen) atoms. The van der Waals surface area contributed by atoms with Gasteiger partial charge in [0.1, 0.15) is 11.6 Å². The molecule has 0 aromatic carbocycles. The van der Waals surface area contributed by atoms with Crippen LogP contribution in [0.2, 0.25) is 0 Å². The minimum atomic E-state index is -0.333. The molecular formula is C8H12N8O2. The molecule has 0 aliphatic carbocycles. The lowest BCUT2D eigenvalue weighted by Gasteiger charge is -1.90. The Morgan fingerprint density at radius 2 is 1.11 bits per heavy atom. The molecule has 0 radical (unpaired) electrons. The molecule has 96 valence electrons. The molecule has 0 aliphatic heterocycles. The van der Waals surface area contributed by atoms with Crippen LogP contribution in [0.5, 0.6) is 0 Å². The molecule has 0 fully saturated rings. The second kappa shape index (κ2) is 5.34. The van der Waals surface area contributed by atoms with Crippen molar-refractivity contribution in [2.24, 2.45) is 0 Å². The van der Waals surface area contributed by atoms with Crippen LogP contribution < -0.4 is 34.1 Å². The van der Waals surface area contributed by atoms with Crippen molar-refractivity contribution in [2.45, 2.75) is 0 Å². The molecule has 0 bridgehead atoms. The van der Waals surface area contributed by atoms with Crippen molar-refractivity contribution in [1.82, 2.24) is 19.9 Å². The Bertz CT molecular complexity index is 542. The topological polar surface area (TPSA) is 196 Å². The second-order valence-corrected chi connectivity index (χ2v) is 3.11. The van der Waals surface area contributed by atoms with Crippen LogP contribution in [0.3, 0.4) is 0 Å². The van der Waals surface area contributed by atoms with Crippen LogP contribution in [0.4, 0.5) is 23.5 Å². The largest absolute Gasteiger partial charge is 0.383 e. The average molecular weight is 252 g/mol. The third-order valence-corrected chi connectivity index (χ3v) is 1.56. The number of anilines is 4. The Hall–Kier alpha value is -3.04. The van der Waals surface area contributed by atoms with E-state index in [9.17, 15) is 9.59 Å². The quantitative estimate of drug-likeness (QED) is 0.305. The van der Waals surface area contributed by atoms with Crippen LogP contribution in [-0.4, -0.2) is 19.9 Å². The molecule has 0 unspecified atom stereocenters. The zero-order valence-corrected chi connectivity index (χ0v) is 9.18. The lowest BCUT2D eigenvalue weighted by atomic mass is 10.6. The fourth-order valence-corrected chi connectivity index (χ4v) is 0.992. The summed E-state index contributed by atoms with van der Waals surface area (Å²) in [6.45, 7) is 0. The number of hydrogen-bond acceptors (Lipinski definition) is 8. The Morgan fingerprint density at radius 3 is 1.33 bits per heavy atom. The molecule has 2 aromatic rings. The molecule has 0 aliphatic rings. The van der Waals surface area contributed by atoms with Gasteiger partial charge in [-0.05, 0) is 0 Å². The molecule has 0 amide bonds. The Morgan fingerprint density at radius 1 is 0.778 bits per heavy atom. The number of aromatic nitrogens is 4. The van der Waals surface area contributed by atoms with Crippen molar-refractivity contribution in [2.75, 3.05) is 22.9 Å². The zero-order chi connectivity index (χ0) is 13.7. The standard InChI is InChI=1S/2C4H6N4O/c2*5-2-1-3(9)8-4(6)7-2/h2*1H,(H5,5,6,7,8,9). The van der Waals surface area contributed by atoms with Gasteiger partial charge in [-0.25, -0.2) is 0 Å². The minimum Gasteiger partial charge on any atom is -0.383 e. The highest BCUT2D eigenvalue weighted by Gasteiger charge is 1.90. The highest BCUT2D eigenvalue weighted by molar-refractivity contribution is 5.32. The van der Waals surface area contributed by atoms with Crippen molar-refractivity contribution >= 4 is 23.5 Å². The average Bonchev–Trinajstić information content (AvgIpc) is 2.12. The summed E-state index contributed by atoms with van der Waals surface area (Å²) in [7, 11) is 0. The Balaban J connectivity index is 0.000000180. The maximum atomic E-state index is 10.5. The predicted octanol–water partition coefficient (Wildman–Crippen LogP) is -2.13. The lowest BCUT2D eigenvalue weighted by molar-refractivity contribution is 1.14. The molecule has 0 atom stereocenters. The van der Waals surface area contributed by atoms with Gasteiger partial charge in [0.15, 0.2) is 0 Å². The Kier molecular flexibility index (Phi) is 3.86. The number of nitrogens with one attached hydrogen (secondary N) is 2. The van der Waals surface area contributed by atoms with Crippen molar-refractivity contribution in [3.8, 4) is 0 Å². The summed E-state index contributed by atoms with van der Waals surface area (Å²) in [5, 5.41) is 0. The lowest BCUT2D eigenvalue weighted by Crippen LogP contribution is -2.11. The monoisotopic (exact) mass is 252 g/mol. The van der Waals surface area contributed by atoms with Crippen LogP contribution in [0, 0.1) is 0 Å². The van der Waals surface area contributed by atoms with Gasteiger partial charge in [0, 0.05) is 12.1 Å². The van der Waals surface area contributed by atoms with Gasteiger partial charge < -0.3 is 22.9 Å². The van der Waals surface area contributed by atoms with Gasteiger partial charge in [0.25, 0.3) is 11.1 Å². The molecule has 0 spiro atoms. The number of nitrogens with zero attached hydrogens (tertiary/aromatic N) is 2. The minimum absolute atomic E-state index is 0.0417. The van der Waals surface area contributed by atoms with E-state index in [2.05, 4.69) is 19.9 Å². The van der Waals surface area contributed by atoms with Gasteiger partial charge in [-0.2, -0.15) is 9.97 Å². The van der Waals surface area contributed by atoms with Gasteiger partial charge in [0.2, 0.25) is 11.9 Å². The number of rotatable bonds is 0. The van der Waals surface area contributed by atoms with E-state index >= 15 is 0 Å². The number of aromatic amines is 2. The van der Waals surface area contributed by atoms with Gasteiger partial charge >= 0.3 is 0 Å². The van der Waals surface area contributed by atoms with Crippen LogP contribution in [0.25, 0.3) is 0 Å². The molecule has 10 heteroatoms. The first-order chi connectivity index (χ1) is 8.36. The zero-order valence-electron chi connectivity index (χ0n) is 9.18. The third-order valence-electron chi connectivity index (χ3n) is 1.56. The highest BCUT2D eigenvalue weighted by atomic mass is 16.1. The summed E-state index contributed by atoms with van der Waals surface area (Å²) in [6, 6.07) is 2.33. The van der Waals surface area contributed by atoms with Crippen molar-refractivity contribution < 1.29 is 0 Å². The van der Waals surface area contributed by atoms with E-state index in [1.54, 1.807) is 0 Å². The third kappa shape index (κ3) is 4.22. The molecule has 2 aromatic heterocycles. The van der Waals surface area contributed by atoms with E-state index in [1.807, 2.05) is 0 Å². The van der Waals surface area contributed by atoms with E-state index in [0.717, 1.165) is 12.1 Å². The van der Waals surface area contributed by atoms with E-state index in [4.69, 9.17) is 22.9 Å². The molecule has 2 rings (SSSR count). The summed E-state index contributed by atoms with van der Waals surface area (Å²) in [4.78, 5) is 32.5. The molecular weight excluding hydrogens is 240 g/mol. The first kappa shape index (κ1) is 13.0. The Labute approximate surface area is 100 Å². The highest BCUT2D eigenvalue weighted by Crippen LogP contribution is 1.90. The van der Waals surface area contributed by atoms with Gasteiger partial charge in [-0.15, -0.1) is 0 Å². The van der Waals surface area contributed by atoms with Crippen LogP contribution >= 0.6 is 0 Å². The van der Waals surface area contributed by atoms with Crippen LogP contribution in [-0.2, 0) is 0 Å². The maximum Gasteiger partial charge on any atom is 0.254 e. The molecule has 0 saturated carbocycles. The number of hydrogen-bond donors (Lipinski definition) is 6. The number of nitrogens with two attached hydrogens (primary N) is 4. The molecule has 10 nitrogen and oxygen atoms in total. The van der Waals surface area contributed by atoms with Gasteiger partial charge in [0.05, 0.1) is 0 Å². The van der Waals surface area contributed by atoms with Crippen LogP contribution in [0.1, 0.15) is 0 Å². The van der Waals surface area contributed by atoms with E-state index < -0.39 is 0 Å². The van der Waals surface area contributed by atoms with Crippen molar-refractivity contribution in [3.05, 3.63) is 32.8 Å². The molecule has 0 saturated heterocycles. The van der Waals surface area contributed by atoms with Gasteiger partial charge in [-0.3, -0.25) is 19.6 Å². The first-order valence-corrected chi connectivity index (χ1v) is 4.61. The van der Waals surface area contributed by atoms with E-state index in [0.29, 0.717) is 0 Å². The smallest absolute Gasteiger partial charge is 0.254 e. The summed E-state index contributed by atoms with van der Waals surface area (Å²) >= 11 is 0. The number of nitrogen functional groups attached to an aromatic ring is 4. The predicted molar refractivity (Wildman–Crippen MR) is 67.4 cm³/mol. The van der Waals surface area contributed by atoms with Gasteiger partial charge in [-0.1, -0.05) is 0 Å². The van der Waals surface area contributed by atoms with Crippen molar-refractivity contribution in [1.29, 1.82) is 0 Å². The molecule has 10 N–H and O–H groups in total.